The van der Waals surface area contributed by atoms with E-state index in [0.717, 1.165) is 64.2 Å². The van der Waals surface area contributed by atoms with Crippen LogP contribution >= 0.6 is 0 Å². The zero-order valence-electron chi connectivity index (χ0n) is 33.6. The molecule has 0 heterocycles. The van der Waals surface area contributed by atoms with Crippen LogP contribution in [0.4, 0.5) is 0 Å². The molecule has 0 bridgehead atoms. The minimum Gasteiger partial charge on any atom is -0.569 e. The first-order chi connectivity index (χ1) is 26.6. The summed E-state index contributed by atoms with van der Waals surface area (Å²) in [6, 6.07) is 0. The molecule has 0 aromatic carbocycles. The van der Waals surface area contributed by atoms with Crippen LogP contribution in [0.1, 0.15) is 181 Å². The summed E-state index contributed by atoms with van der Waals surface area (Å²) in [4.78, 5) is 22.3. The van der Waals surface area contributed by atoms with Gasteiger partial charge in [0.25, 0.3) is 5.97 Å². The Kier molecular flexibility index (Phi) is 40.1. The Morgan fingerprint density at radius 3 is 1.48 bits per heavy atom. The van der Waals surface area contributed by atoms with Crippen LogP contribution in [0.15, 0.2) is 24.5 Å². The van der Waals surface area contributed by atoms with Gasteiger partial charge in [-0.1, -0.05) is 161 Å². The van der Waals surface area contributed by atoms with E-state index in [1.165, 1.54) is 83.5 Å². The van der Waals surface area contributed by atoms with Gasteiger partial charge in [-0.05, 0) is 67.3 Å². The number of allylic oxidation sites excluding steroid dienone is 3. The third kappa shape index (κ3) is 40.7. The third-order valence-corrected chi connectivity index (χ3v) is 8.88. The molecule has 0 spiro atoms. The fraction of sp³-hybridized carbons (Fsp3) is 0.596. The molecule has 0 radical (unpaired) electrons. The van der Waals surface area contributed by atoms with Gasteiger partial charge in [0.2, 0.25) is 0 Å². The van der Waals surface area contributed by atoms with E-state index >= 15 is 0 Å². The van der Waals surface area contributed by atoms with E-state index in [1.807, 2.05) is 6.08 Å². The molecule has 0 aliphatic carbocycles. The van der Waals surface area contributed by atoms with Crippen molar-refractivity contribution in [3.05, 3.63) is 24.5 Å². The minimum absolute atomic E-state index is 0.252. The van der Waals surface area contributed by atoms with Gasteiger partial charge in [0.05, 0.1) is 0 Å². The molecule has 0 aromatic heterocycles. The average molecular weight is 751 g/mol. The lowest BCUT2D eigenvalue weighted by atomic mass is 10.0. The van der Waals surface area contributed by atoms with Crippen molar-refractivity contribution in [2.45, 2.75) is 181 Å². The Hall–Kier alpha value is -4.08. The molecule has 0 aliphatic rings. The van der Waals surface area contributed by atoms with Crippen LogP contribution in [0.5, 0.6) is 0 Å². The van der Waals surface area contributed by atoms with Crippen molar-refractivity contribution in [3.63, 3.8) is 0 Å². The van der Waals surface area contributed by atoms with E-state index in [2.05, 4.69) is 116 Å². The molecule has 0 saturated carbocycles. The van der Waals surface area contributed by atoms with Crippen molar-refractivity contribution in [3.8, 4) is 83.1 Å². The van der Waals surface area contributed by atoms with Gasteiger partial charge in [-0.2, -0.15) is 0 Å². The molecule has 0 rings (SSSR count). The quantitative estimate of drug-likeness (QED) is 0.0176. The third-order valence-electron chi connectivity index (χ3n) is 7.92. The number of hydrogen-bond donors (Lipinski definition) is 0. The molecule has 6 nitrogen and oxygen atoms in total. The van der Waals surface area contributed by atoms with Gasteiger partial charge in [0.1, 0.15) is 5.76 Å². The summed E-state index contributed by atoms with van der Waals surface area (Å²) in [6.45, 7) is 10.4. The average Bonchev–Trinajstić information content (AvgIpc) is 3.17. The van der Waals surface area contributed by atoms with E-state index in [1.54, 1.807) is 0 Å². The Labute approximate surface area is 334 Å². The monoisotopic (exact) mass is 750 g/mol. The summed E-state index contributed by atoms with van der Waals surface area (Å²) in [5.41, 5.74) is 0. The number of hydrogen-bond acceptors (Lipinski definition) is 6. The second-order valence-corrected chi connectivity index (χ2v) is 14.0. The molecule has 54 heavy (non-hydrogen) atoms. The van der Waals surface area contributed by atoms with Gasteiger partial charge in [0, 0.05) is 48.4 Å². The maximum atomic E-state index is 12.3. The smallest absolute Gasteiger partial charge is 0.569 e. The Morgan fingerprint density at radius 2 is 0.944 bits per heavy atom. The summed E-state index contributed by atoms with van der Waals surface area (Å²) in [7, 11) is 0. The zero-order valence-corrected chi connectivity index (χ0v) is 34.7. The normalized spacial score (nSPS) is 9.31. The maximum absolute atomic E-state index is 12.3. The van der Waals surface area contributed by atoms with Gasteiger partial charge >= 0.3 is 15.1 Å². The first-order valence-corrected chi connectivity index (χ1v) is 21.7. The highest BCUT2D eigenvalue weighted by Crippen LogP contribution is 2.14. The SMILES string of the molecule is C=C(CCCCCC)O[O][Al]([O]OC#CC#CC#CC#CC#CC#CC#CC=CCCCCCCCCCCCCCCC)[O]C(=O)CCCCCCC. The van der Waals surface area contributed by atoms with Crippen LogP contribution in [0, 0.1) is 83.1 Å². The largest absolute Gasteiger partial charge is 1.08 e. The number of unbranched alkanes of at least 4 members (excludes halogenated alkanes) is 20. The number of carbonyl (C=O) groups is 1. The van der Waals surface area contributed by atoms with Crippen LogP contribution in [0.25, 0.3) is 0 Å². The second kappa shape index (κ2) is 43.3. The Bertz CT molecular complexity index is 1460. The van der Waals surface area contributed by atoms with E-state index in [9.17, 15) is 4.79 Å². The van der Waals surface area contributed by atoms with Crippen molar-refractivity contribution in [1.82, 2.24) is 0 Å². The predicted octanol–water partition coefficient (Wildman–Crippen LogP) is 11.3. The van der Waals surface area contributed by atoms with Gasteiger partial charge in [-0.25, -0.2) is 7.88 Å². The van der Waals surface area contributed by atoms with Gasteiger partial charge in [-0.3, -0.25) is 4.79 Å². The first kappa shape index (κ1) is 49.9. The summed E-state index contributed by atoms with van der Waals surface area (Å²) >= 11 is -3.15. The summed E-state index contributed by atoms with van der Waals surface area (Å²) in [5, 5.41) is 0. The van der Waals surface area contributed by atoms with Crippen molar-refractivity contribution in [2.75, 3.05) is 0 Å². The molecule has 0 N–H and O–H groups in total. The summed E-state index contributed by atoms with van der Waals surface area (Å²) in [5.74, 6) is 33.8. The lowest BCUT2D eigenvalue weighted by Gasteiger charge is -2.12. The van der Waals surface area contributed by atoms with Gasteiger partial charge in [-0.15, -0.1) is 0 Å². The highest BCUT2D eigenvalue weighted by molar-refractivity contribution is 6.38. The molecule has 0 aliphatic heterocycles. The highest BCUT2D eigenvalue weighted by atomic mass is 27.3. The van der Waals surface area contributed by atoms with Crippen molar-refractivity contribution in [1.29, 1.82) is 0 Å². The fourth-order valence-electron chi connectivity index (χ4n) is 4.91. The molecular weight excluding hydrogens is 687 g/mol. The molecule has 0 unspecified atom stereocenters. The van der Waals surface area contributed by atoms with Crippen LogP contribution in [-0.2, 0) is 26.2 Å². The molecular formula is C47H63AlO6. The van der Waals surface area contributed by atoms with E-state index in [4.69, 9.17) is 21.4 Å². The van der Waals surface area contributed by atoms with E-state index in [-0.39, 0.29) is 6.42 Å². The molecule has 0 aromatic rings. The molecule has 290 valence electrons. The summed E-state index contributed by atoms with van der Waals surface area (Å²) in [6.07, 6.45) is 35.1. The Morgan fingerprint density at radius 1 is 0.519 bits per heavy atom. The fourth-order valence-corrected chi connectivity index (χ4v) is 5.70. The van der Waals surface area contributed by atoms with Crippen molar-refractivity contribution >= 4 is 21.1 Å². The molecule has 0 atom stereocenters. The molecule has 0 amide bonds. The van der Waals surface area contributed by atoms with Crippen LogP contribution < -0.4 is 0 Å². The lowest BCUT2D eigenvalue weighted by molar-refractivity contribution is -0.257. The van der Waals surface area contributed by atoms with Crippen molar-refractivity contribution < 1.29 is 26.2 Å². The van der Waals surface area contributed by atoms with Crippen LogP contribution in [0.2, 0.25) is 0 Å². The van der Waals surface area contributed by atoms with E-state index in [0.29, 0.717) is 12.2 Å². The summed E-state index contributed by atoms with van der Waals surface area (Å²) < 4.78 is 15.6. The lowest BCUT2D eigenvalue weighted by Crippen LogP contribution is -2.30. The molecule has 0 fully saturated rings. The van der Waals surface area contributed by atoms with Crippen LogP contribution in [-0.4, -0.2) is 21.1 Å². The second-order valence-electron chi connectivity index (χ2n) is 12.8. The zero-order chi connectivity index (χ0) is 39.3. The standard InChI is InChI=1S/C31H34O2.2C8H16O2.Al/c1-2-3-4-5-6-7-8-9-10-11-12-13-14-15-16-17-18-19-20-21-22-23-24-25-26-27-28-29-30-31-33-32;1-3-4-5-6-7-8(2)10-9;1-2-3-4-5-6-7-8(9)10;/h16-17,32H,2-15H2,1H3;9H,2-7H2,1H3;2-7H2,1H3,(H,9,10);/q;;;+3/p-3. The van der Waals surface area contributed by atoms with Crippen molar-refractivity contribution in [2.24, 2.45) is 0 Å². The van der Waals surface area contributed by atoms with Crippen LogP contribution in [0.3, 0.4) is 0 Å². The topological polar surface area (TPSA) is 63.2 Å². The van der Waals surface area contributed by atoms with Gasteiger partial charge in [0.15, 0.2) is 6.11 Å². The molecule has 7 heteroatoms. The predicted molar refractivity (Wildman–Crippen MR) is 221 cm³/mol. The highest BCUT2D eigenvalue weighted by Gasteiger charge is 2.43. The minimum atomic E-state index is -3.15. The van der Waals surface area contributed by atoms with E-state index < -0.39 is 21.1 Å². The number of carbonyl (C=O) groups excluding carboxylic acids is 1. The van der Waals surface area contributed by atoms with Gasteiger partial charge < -0.3 is 13.6 Å². The molecule has 0 saturated heterocycles. The number of rotatable bonds is 31. The first-order valence-electron chi connectivity index (χ1n) is 20.3. The maximum Gasteiger partial charge on any atom is 1.08 e. The Balaban J connectivity index is 4.35.